The van der Waals surface area contributed by atoms with Gasteiger partial charge in [0, 0.05) is 38.4 Å². The molecule has 2 aliphatic rings. The Hall–Kier alpha value is -2.42. The van der Waals surface area contributed by atoms with Crippen LogP contribution < -0.4 is 9.64 Å². The normalized spacial score (nSPS) is 19.5. The van der Waals surface area contributed by atoms with Gasteiger partial charge in [0.25, 0.3) is 0 Å². The Morgan fingerprint density at radius 3 is 2.37 bits per heavy atom. The van der Waals surface area contributed by atoms with Crippen molar-refractivity contribution in [3.8, 4) is 5.75 Å². The second-order valence-electron chi connectivity index (χ2n) is 7.61. The fraction of sp³-hybridized carbons (Fsp3) is 0.409. The van der Waals surface area contributed by atoms with Crippen molar-refractivity contribution in [2.24, 2.45) is 0 Å². The lowest BCUT2D eigenvalue weighted by molar-refractivity contribution is 0.0950. The van der Waals surface area contributed by atoms with E-state index in [4.69, 9.17) is 4.74 Å². The molecule has 0 unspecified atom stereocenters. The summed E-state index contributed by atoms with van der Waals surface area (Å²) in [5.41, 5.74) is 1.41. The SMILES string of the molecule is COc1cccc2c1C(=O)CN(CCCN1CCN(c3ccccc3)CC1)S2(=O)=O. The number of Topliss-reactive ketones (excluding diaryl/α,β-unsaturated/α-hetero) is 1. The predicted octanol–water partition coefficient (Wildman–Crippen LogP) is 2.09. The zero-order valence-corrected chi connectivity index (χ0v) is 18.0. The fourth-order valence-corrected chi connectivity index (χ4v) is 5.83. The van der Waals surface area contributed by atoms with Crippen molar-refractivity contribution in [2.45, 2.75) is 11.3 Å². The van der Waals surface area contributed by atoms with Gasteiger partial charge in [-0.25, -0.2) is 8.42 Å². The van der Waals surface area contributed by atoms with E-state index in [2.05, 4.69) is 34.1 Å². The van der Waals surface area contributed by atoms with E-state index in [0.717, 1.165) is 32.7 Å². The summed E-state index contributed by atoms with van der Waals surface area (Å²) >= 11 is 0. The molecule has 2 aromatic carbocycles. The minimum Gasteiger partial charge on any atom is -0.496 e. The lowest BCUT2D eigenvalue weighted by atomic mass is 10.1. The number of carbonyl (C=O) groups excluding carboxylic acids is 1. The van der Waals surface area contributed by atoms with Crippen LogP contribution in [0.1, 0.15) is 16.8 Å². The Kier molecular flexibility index (Phi) is 6.08. The standard InChI is InChI=1S/C22H27N3O4S/c1-29-20-9-5-10-21-22(20)19(26)17-25(30(21,27)28)12-6-11-23-13-15-24(16-14-23)18-7-3-2-4-8-18/h2-5,7-10H,6,11-17H2,1H3. The fourth-order valence-electron chi connectivity index (χ4n) is 4.17. The molecule has 0 aliphatic carbocycles. The van der Waals surface area contributed by atoms with Gasteiger partial charge in [-0.15, -0.1) is 0 Å². The lowest BCUT2D eigenvalue weighted by Gasteiger charge is -2.36. The smallest absolute Gasteiger partial charge is 0.244 e. The van der Waals surface area contributed by atoms with Crippen LogP contribution >= 0.6 is 0 Å². The first-order valence-corrected chi connectivity index (χ1v) is 11.7. The van der Waals surface area contributed by atoms with Crippen LogP contribution in [0, 0.1) is 0 Å². The maximum absolute atomic E-state index is 13.0. The molecule has 160 valence electrons. The number of ketones is 1. The molecule has 2 aliphatic heterocycles. The van der Waals surface area contributed by atoms with E-state index in [9.17, 15) is 13.2 Å². The van der Waals surface area contributed by atoms with Gasteiger partial charge in [0.1, 0.15) is 5.75 Å². The summed E-state index contributed by atoms with van der Waals surface area (Å²) in [5, 5.41) is 0. The molecule has 0 spiro atoms. The molecular formula is C22H27N3O4S. The molecule has 1 saturated heterocycles. The van der Waals surface area contributed by atoms with Gasteiger partial charge in [0.2, 0.25) is 10.0 Å². The number of carbonyl (C=O) groups is 1. The summed E-state index contributed by atoms with van der Waals surface area (Å²) < 4.78 is 32.5. The zero-order chi connectivity index (χ0) is 21.1. The second kappa shape index (κ2) is 8.75. The Morgan fingerprint density at radius 2 is 1.67 bits per heavy atom. The third kappa shape index (κ3) is 4.08. The van der Waals surface area contributed by atoms with Crippen molar-refractivity contribution in [2.75, 3.05) is 57.8 Å². The van der Waals surface area contributed by atoms with Crippen LogP contribution in [0.3, 0.4) is 0 Å². The van der Waals surface area contributed by atoms with Gasteiger partial charge in [-0.1, -0.05) is 24.3 Å². The molecule has 8 heteroatoms. The predicted molar refractivity (Wildman–Crippen MR) is 116 cm³/mol. The highest BCUT2D eigenvalue weighted by Gasteiger charge is 2.37. The highest BCUT2D eigenvalue weighted by atomic mass is 32.2. The van der Waals surface area contributed by atoms with Crippen LogP contribution in [0.5, 0.6) is 5.75 Å². The number of piperazine rings is 1. The number of fused-ring (bicyclic) bond motifs is 1. The van der Waals surface area contributed by atoms with Crippen molar-refractivity contribution >= 4 is 21.5 Å². The van der Waals surface area contributed by atoms with Gasteiger partial charge >= 0.3 is 0 Å². The molecule has 0 saturated carbocycles. The van der Waals surface area contributed by atoms with Crippen molar-refractivity contribution in [3.05, 3.63) is 54.1 Å². The van der Waals surface area contributed by atoms with Crippen molar-refractivity contribution < 1.29 is 17.9 Å². The number of para-hydroxylation sites is 1. The van der Waals surface area contributed by atoms with Gasteiger partial charge in [-0.2, -0.15) is 4.31 Å². The minimum atomic E-state index is -3.69. The van der Waals surface area contributed by atoms with Crippen LogP contribution in [0.2, 0.25) is 0 Å². The average molecular weight is 430 g/mol. The topological polar surface area (TPSA) is 70.2 Å². The molecule has 0 aromatic heterocycles. The molecular weight excluding hydrogens is 402 g/mol. The number of benzene rings is 2. The number of hydrogen-bond donors (Lipinski definition) is 0. The molecule has 2 aromatic rings. The van der Waals surface area contributed by atoms with E-state index in [1.54, 1.807) is 12.1 Å². The Bertz CT molecular complexity index is 1000. The van der Waals surface area contributed by atoms with Crippen LogP contribution in [-0.4, -0.2) is 76.3 Å². The quantitative estimate of drug-likeness (QED) is 0.700. The van der Waals surface area contributed by atoms with Crippen LogP contribution in [-0.2, 0) is 10.0 Å². The Labute approximate surface area is 177 Å². The molecule has 30 heavy (non-hydrogen) atoms. The maximum Gasteiger partial charge on any atom is 0.244 e. The molecule has 0 atom stereocenters. The molecule has 0 N–H and O–H groups in total. The first kappa shape index (κ1) is 20.8. The highest BCUT2D eigenvalue weighted by molar-refractivity contribution is 7.89. The number of methoxy groups -OCH3 is 1. The van der Waals surface area contributed by atoms with E-state index in [-0.39, 0.29) is 22.8 Å². The number of rotatable bonds is 6. The largest absolute Gasteiger partial charge is 0.496 e. The molecule has 1 fully saturated rings. The van der Waals surface area contributed by atoms with E-state index in [1.807, 2.05) is 6.07 Å². The maximum atomic E-state index is 13.0. The second-order valence-corrected chi connectivity index (χ2v) is 9.52. The molecule has 0 amide bonds. The van der Waals surface area contributed by atoms with Crippen molar-refractivity contribution in [1.82, 2.24) is 9.21 Å². The van der Waals surface area contributed by atoms with Crippen LogP contribution in [0.15, 0.2) is 53.4 Å². The zero-order valence-electron chi connectivity index (χ0n) is 17.2. The molecule has 0 bridgehead atoms. The summed E-state index contributed by atoms with van der Waals surface area (Å²) in [6.07, 6.45) is 0.692. The summed E-state index contributed by atoms with van der Waals surface area (Å²) in [6, 6.07) is 15.1. The average Bonchev–Trinajstić information content (AvgIpc) is 2.78. The molecule has 4 rings (SSSR count). The highest BCUT2D eigenvalue weighted by Crippen LogP contribution is 2.32. The summed E-state index contributed by atoms with van der Waals surface area (Å²) in [7, 11) is -2.25. The van der Waals surface area contributed by atoms with E-state index in [1.165, 1.54) is 23.2 Å². The van der Waals surface area contributed by atoms with Gasteiger partial charge in [-0.05, 0) is 37.2 Å². The van der Waals surface area contributed by atoms with Gasteiger partial charge < -0.3 is 9.64 Å². The number of sulfonamides is 1. The molecule has 2 heterocycles. The summed E-state index contributed by atoms with van der Waals surface area (Å²) in [6.45, 7) is 4.82. The first-order valence-electron chi connectivity index (χ1n) is 10.2. The van der Waals surface area contributed by atoms with Crippen molar-refractivity contribution in [1.29, 1.82) is 0 Å². The first-order chi connectivity index (χ1) is 14.5. The number of nitrogens with zero attached hydrogens (tertiary/aromatic N) is 3. The van der Waals surface area contributed by atoms with Gasteiger partial charge in [0.15, 0.2) is 5.78 Å². The Morgan fingerprint density at radius 1 is 0.933 bits per heavy atom. The van der Waals surface area contributed by atoms with Gasteiger partial charge in [0.05, 0.1) is 24.1 Å². The monoisotopic (exact) mass is 429 g/mol. The minimum absolute atomic E-state index is 0.0505. The third-order valence-electron chi connectivity index (χ3n) is 5.80. The van der Waals surface area contributed by atoms with Crippen LogP contribution in [0.25, 0.3) is 0 Å². The van der Waals surface area contributed by atoms with Crippen LogP contribution in [0.4, 0.5) is 5.69 Å². The van der Waals surface area contributed by atoms with E-state index >= 15 is 0 Å². The number of ether oxygens (including phenoxy) is 1. The number of anilines is 1. The Balaban J connectivity index is 1.33. The summed E-state index contributed by atoms with van der Waals surface area (Å²) in [4.78, 5) is 17.4. The molecule has 7 nitrogen and oxygen atoms in total. The van der Waals surface area contributed by atoms with E-state index in [0.29, 0.717) is 18.7 Å². The third-order valence-corrected chi connectivity index (χ3v) is 7.69. The lowest BCUT2D eigenvalue weighted by Crippen LogP contribution is -2.47. The van der Waals surface area contributed by atoms with Crippen molar-refractivity contribution in [3.63, 3.8) is 0 Å². The molecule has 0 radical (unpaired) electrons. The van der Waals surface area contributed by atoms with Gasteiger partial charge in [-0.3, -0.25) is 9.69 Å². The number of hydrogen-bond acceptors (Lipinski definition) is 6. The summed E-state index contributed by atoms with van der Waals surface area (Å²) in [5.74, 6) is 0.103. The van der Waals surface area contributed by atoms with E-state index < -0.39 is 10.0 Å².